The van der Waals surface area contributed by atoms with Gasteiger partial charge in [0, 0.05) is 35.1 Å². The summed E-state index contributed by atoms with van der Waals surface area (Å²) in [6, 6.07) is 13.2. The van der Waals surface area contributed by atoms with E-state index in [4.69, 9.17) is 16.3 Å². The molecule has 0 aliphatic carbocycles. The SMILES string of the molecule is COc1ccc(S(=O)(=O)NC(C)C(C)Nc2nc(Cc3ccc(Cl)cc3)ns2)cc1. The van der Waals surface area contributed by atoms with Crippen molar-refractivity contribution in [3.63, 3.8) is 0 Å². The second-order valence-electron chi connectivity index (χ2n) is 6.84. The molecule has 7 nitrogen and oxygen atoms in total. The highest BCUT2D eigenvalue weighted by molar-refractivity contribution is 7.89. The molecule has 0 bridgehead atoms. The van der Waals surface area contributed by atoms with Crippen LogP contribution in [-0.2, 0) is 16.4 Å². The van der Waals surface area contributed by atoms with Crippen molar-refractivity contribution in [2.24, 2.45) is 0 Å². The van der Waals surface area contributed by atoms with Crippen LogP contribution in [0.1, 0.15) is 25.2 Å². The average molecular weight is 467 g/mol. The topological polar surface area (TPSA) is 93.2 Å². The first-order valence-electron chi connectivity index (χ1n) is 9.27. The number of ether oxygens (including phenoxy) is 1. The van der Waals surface area contributed by atoms with Crippen LogP contribution >= 0.6 is 23.1 Å². The number of aromatic nitrogens is 2. The third-order valence-corrected chi connectivity index (χ3v) is 7.07. The Hall–Kier alpha value is -2.20. The Morgan fingerprint density at radius 2 is 1.73 bits per heavy atom. The fraction of sp³-hybridized carbons (Fsp3) is 0.300. The number of anilines is 1. The molecular formula is C20H23ClN4O3S2. The largest absolute Gasteiger partial charge is 0.497 e. The second-order valence-corrected chi connectivity index (χ2v) is 9.74. The summed E-state index contributed by atoms with van der Waals surface area (Å²) >= 11 is 7.16. The van der Waals surface area contributed by atoms with E-state index in [1.807, 2.05) is 31.2 Å². The lowest BCUT2D eigenvalue weighted by atomic mass is 10.1. The zero-order valence-electron chi connectivity index (χ0n) is 16.8. The molecule has 0 aliphatic heterocycles. The Bertz CT molecular complexity index is 1070. The van der Waals surface area contributed by atoms with Crippen LogP contribution in [0.3, 0.4) is 0 Å². The fourth-order valence-corrected chi connectivity index (χ4v) is 4.79. The summed E-state index contributed by atoms with van der Waals surface area (Å²) in [7, 11) is -2.12. The normalized spacial score (nSPS) is 13.6. The van der Waals surface area contributed by atoms with Crippen molar-refractivity contribution in [1.82, 2.24) is 14.1 Å². The third-order valence-electron chi connectivity index (χ3n) is 4.56. The lowest BCUT2D eigenvalue weighted by molar-refractivity contribution is 0.414. The Morgan fingerprint density at radius 3 is 2.37 bits per heavy atom. The Kier molecular flexibility index (Phi) is 7.30. The van der Waals surface area contributed by atoms with Gasteiger partial charge in [-0.05, 0) is 55.8 Å². The van der Waals surface area contributed by atoms with Crippen LogP contribution in [0.4, 0.5) is 5.13 Å². The maximum Gasteiger partial charge on any atom is 0.240 e. The molecule has 1 heterocycles. The minimum absolute atomic E-state index is 0.184. The summed E-state index contributed by atoms with van der Waals surface area (Å²) in [6.45, 7) is 3.69. The predicted octanol–water partition coefficient (Wildman–Crippen LogP) is 3.96. The lowest BCUT2D eigenvalue weighted by Crippen LogP contribution is -2.43. The molecule has 0 aliphatic rings. The summed E-state index contributed by atoms with van der Waals surface area (Å²) in [4.78, 5) is 4.68. The summed E-state index contributed by atoms with van der Waals surface area (Å²) in [5.74, 6) is 1.30. The number of methoxy groups -OCH3 is 1. The van der Waals surface area contributed by atoms with Crippen LogP contribution in [0.15, 0.2) is 53.4 Å². The molecule has 2 N–H and O–H groups in total. The Morgan fingerprint density at radius 1 is 1.07 bits per heavy atom. The molecule has 0 radical (unpaired) electrons. The van der Waals surface area contributed by atoms with Crippen molar-refractivity contribution < 1.29 is 13.2 Å². The van der Waals surface area contributed by atoms with Gasteiger partial charge in [0.25, 0.3) is 0 Å². The van der Waals surface area contributed by atoms with Gasteiger partial charge in [-0.15, -0.1) is 0 Å². The van der Waals surface area contributed by atoms with Crippen molar-refractivity contribution in [1.29, 1.82) is 0 Å². The predicted molar refractivity (Wildman–Crippen MR) is 120 cm³/mol. The third kappa shape index (κ3) is 5.91. The van der Waals surface area contributed by atoms with Crippen molar-refractivity contribution in [3.8, 4) is 5.75 Å². The number of nitrogens with one attached hydrogen (secondary N) is 2. The van der Waals surface area contributed by atoms with Gasteiger partial charge in [-0.2, -0.15) is 4.37 Å². The van der Waals surface area contributed by atoms with E-state index in [0.29, 0.717) is 28.1 Å². The molecule has 0 saturated heterocycles. The molecular weight excluding hydrogens is 444 g/mol. The molecule has 0 amide bonds. The van der Waals surface area contributed by atoms with Crippen molar-refractivity contribution in [2.75, 3.05) is 12.4 Å². The van der Waals surface area contributed by atoms with E-state index in [-0.39, 0.29) is 17.0 Å². The Balaban J connectivity index is 1.59. The van der Waals surface area contributed by atoms with Crippen LogP contribution in [0.5, 0.6) is 5.75 Å². The van der Waals surface area contributed by atoms with Gasteiger partial charge in [0.15, 0.2) is 0 Å². The van der Waals surface area contributed by atoms with Crippen molar-refractivity contribution in [3.05, 3.63) is 64.9 Å². The van der Waals surface area contributed by atoms with Crippen LogP contribution in [0, 0.1) is 0 Å². The highest BCUT2D eigenvalue weighted by Gasteiger charge is 2.22. The minimum atomic E-state index is -3.65. The van der Waals surface area contributed by atoms with E-state index in [1.165, 1.54) is 30.8 Å². The molecule has 1 aromatic heterocycles. The highest BCUT2D eigenvalue weighted by Crippen LogP contribution is 2.19. The van der Waals surface area contributed by atoms with E-state index in [2.05, 4.69) is 19.4 Å². The van der Waals surface area contributed by atoms with E-state index in [1.54, 1.807) is 19.1 Å². The van der Waals surface area contributed by atoms with Crippen LogP contribution in [0.2, 0.25) is 5.02 Å². The number of halogens is 1. The maximum absolute atomic E-state index is 12.6. The molecule has 3 rings (SSSR count). The molecule has 160 valence electrons. The van der Waals surface area contributed by atoms with Gasteiger partial charge in [-0.25, -0.2) is 18.1 Å². The minimum Gasteiger partial charge on any atom is -0.497 e. The number of sulfonamides is 1. The van der Waals surface area contributed by atoms with Crippen LogP contribution < -0.4 is 14.8 Å². The second kappa shape index (κ2) is 9.74. The van der Waals surface area contributed by atoms with E-state index in [0.717, 1.165) is 5.56 Å². The van der Waals surface area contributed by atoms with Gasteiger partial charge < -0.3 is 10.1 Å². The highest BCUT2D eigenvalue weighted by atomic mass is 35.5. The van der Waals surface area contributed by atoms with Gasteiger partial charge in [0.1, 0.15) is 11.6 Å². The van der Waals surface area contributed by atoms with Gasteiger partial charge in [0.2, 0.25) is 15.2 Å². The molecule has 3 aromatic rings. The number of nitrogens with zero attached hydrogens (tertiary/aromatic N) is 2. The zero-order valence-corrected chi connectivity index (χ0v) is 19.2. The molecule has 2 atom stereocenters. The van der Waals surface area contributed by atoms with Crippen molar-refractivity contribution in [2.45, 2.75) is 37.2 Å². The number of hydrogen-bond donors (Lipinski definition) is 2. The Labute approximate surface area is 185 Å². The summed E-state index contributed by atoms with van der Waals surface area (Å²) in [5, 5.41) is 4.55. The summed E-state index contributed by atoms with van der Waals surface area (Å²) in [5.41, 5.74) is 1.07. The molecule has 30 heavy (non-hydrogen) atoms. The molecule has 0 spiro atoms. The van der Waals surface area contributed by atoms with E-state index >= 15 is 0 Å². The number of hydrogen-bond acceptors (Lipinski definition) is 7. The first-order valence-corrected chi connectivity index (χ1v) is 11.9. The van der Waals surface area contributed by atoms with E-state index in [9.17, 15) is 8.42 Å². The number of rotatable bonds is 9. The quantitative estimate of drug-likeness (QED) is 0.495. The molecule has 0 fully saturated rings. The average Bonchev–Trinajstić information content (AvgIpc) is 3.16. The lowest BCUT2D eigenvalue weighted by Gasteiger charge is -2.22. The molecule has 2 unspecified atom stereocenters. The monoisotopic (exact) mass is 466 g/mol. The molecule has 2 aromatic carbocycles. The zero-order chi connectivity index (χ0) is 21.7. The first kappa shape index (κ1) is 22.5. The van der Waals surface area contributed by atoms with Crippen molar-refractivity contribution >= 4 is 38.3 Å². The molecule has 10 heteroatoms. The summed E-state index contributed by atoms with van der Waals surface area (Å²) in [6.07, 6.45) is 0.601. The van der Waals surface area contributed by atoms with Gasteiger partial charge in [0.05, 0.1) is 12.0 Å². The standard InChI is InChI=1S/C20H23ClN4O3S2/c1-13(14(2)25-30(26,27)18-10-8-17(28-3)9-11-18)22-20-23-19(24-29-20)12-15-4-6-16(21)7-5-15/h4-11,13-14,25H,12H2,1-3H3,(H,22,23,24). The summed E-state index contributed by atoms with van der Waals surface area (Å²) < 4.78 is 37.4. The van der Waals surface area contributed by atoms with Crippen LogP contribution in [0.25, 0.3) is 0 Å². The fourth-order valence-electron chi connectivity index (χ4n) is 2.66. The van der Waals surface area contributed by atoms with Gasteiger partial charge >= 0.3 is 0 Å². The smallest absolute Gasteiger partial charge is 0.240 e. The van der Waals surface area contributed by atoms with Gasteiger partial charge in [-0.3, -0.25) is 0 Å². The van der Waals surface area contributed by atoms with E-state index < -0.39 is 10.0 Å². The number of benzene rings is 2. The van der Waals surface area contributed by atoms with Crippen LogP contribution in [-0.4, -0.2) is 37.0 Å². The maximum atomic E-state index is 12.6. The van der Waals surface area contributed by atoms with Gasteiger partial charge in [-0.1, -0.05) is 23.7 Å². The molecule has 0 saturated carbocycles. The first-order chi connectivity index (χ1) is 14.3.